The van der Waals surface area contributed by atoms with Crippen molar-refractivity contribution in [3.63, 3.8) is 0 Å². The number of rotatable bonds is 4. The lowest BCUT2D eigenvalue weighted by Gasteiger charge is -2.47. The van der Waals surface area contributed by atoms with E-state index in [0.717, 1.165) is 62.9 Å². The van der Waals surface area contributed by atoms with Gasteiger partial charge in [0.1, 0.15) is 17.5 Å². The summed E-state index contributed by atoms with van der Waals surface area (Å²) in [5.41, 5.74) is 3.09. The van der Waals surface area contributed by atoms with Crippen LogP contribution in [-0.4, -0.2) is 35.4 Å². The first-order chi connectivity index (χ1) is 19.8. The summed E-state index contributed by atoms with van der Waals surface area (Å²) in [6, 6.07) is 15.8. The second-order valence-corrected chi connectivity index (χ2v) is 12.7. The molecule has 214 valence electrons. The van der Waals surface area contributed by atoms with Crippen molar-refractivity contribution in [1.29, 1.82) is 0 Å². The van der Waals surface area contributed by atoms with Crippen LogP contribution in [0.1, 0.15) is 60.3 Å². The third-order valence-electron chi connectivity index (χ3n) is 9.81. The van der Waals surface area contributed by atoms with E-state index in [1.807, 2.05) is 12.1 Å². The van der Waals surface area contributed by atoms with Gasteiger partial charge in [0.15, 0.2) is 0 Å². The standard InChI is InChI=1S/C32H33Cl2FN4O2/c33-20-8-10-23-25(16-20)38-30(41)32(23)26(22-5-4-6-24(34)27(22)35)28(39-31(32)12-2-1-3-13-31)29(40)37-21-9-7-19-17-36-14-11-18(19)15-21/h4-10,15-16,26,28-29,36-37,39-40H,1-3,11-14,17H2,(H,38,41)/t26-,28?,29?,32?/m0/s1. The van der Waals surface area contributed by atoms with Crippen LogP contribution in [0.25, 0.3) is 0 Å². The number of amides is 1. The molecule has 1 amide bonds. The first-order valence-corrected chi connectivity index (χ1v) is 15.2. The fourth-order valence-corrected chi connectivity index (χ4v) is 8.50. The van der Waals surface area contributed by atoms with Gasteiger partial charge in [0.25, 0.3) is 0 Å². The number of aliphatic hydroxyl groups excluding tert-OH is 1. The number of nitrogens with one attached hydrogen (secondary N) is 4. The molecule has 4 aliphatic rings. The van der Waals surface area contributed by atoms with Gasteiger partial charge in [-0.1, -0.05) is 66.7 Å². The number of aliphatic hydroxyl groups is 1. The van der Waals surface area contributed by atoms with Gasteiger partial charge >= 0.3 is 0 Å². The van der Waals surface area contributed by atoms with Crippen molar-refractivity contribution < 1.29 is 14.3 Å². The van der Waals surface area contributed by atoms with Crippen LogP contribution in [0.5, 0.6) is 0 Å². The Morgan fingerprint density at radius 1 is 1.02 bits per heavy atom. The fraction of sp³-hybridized carbons (Fsp3) is 0.406. The topological polar surface area (TPSA) is 85.4 Å². The molecule has 41 heavy (non-hydrogen) atoms. The summed E-state index contributed by atoms with van der Waals surface area (Å²) in [5.74, 6) is -1.53. The van der Waals surface area contributed by atoms with E-state index < -0.39 is 35.0 Å². The Morgan fingerprint density at radius 2 is 1.85 bits per heavy atom. The van der Waals surface area contributed by atoms with Gasteiger partial charge in [-0.15, -0.1) is 0 Å². The normalized spacial score (nSPS) is 27.0. The molecule has 3 aliphatic heterocycles. The van der Waals surface area contributed by atoms with Gasteiger partial charge in [0, 0.05) is 34.4 Å². The Balaban J connectivity index is 1.40. The van der Waals surface area contributed by atoms with Crippen LogP contribution in [0, 0.1) is 5.82 Å². The van der Waals surface area contributed by atoms with Gasteiger partial charge in [0.05, 0.1) is 11.1 Å². The van der Waals surface area contributed by atoms with Crippen LogP contribution < -0.4 is 21.3 Å². The molecule has 3 heterocycles. The Labute approximate surface area is 249 Å². The molecule has 7 rings (SSSR count). The Kier molecular flexibility index (Phi) is 6.79. The maximum absolute atomic E-state index is 16.0. The summed E-state index contributed by atoms with van der Waals surface area (Å²) < 4.78 is 16.0. The van der Waals surface area contributed by atoms with E-state index in [-0.39, 0.29) is 10.9 Å². The van der Waals surface area contributed by atoms with E-state index in [0.29, 0.717) is 16.3 Å². The maximum atomic E-state index is 16.0. The molecule has 1 aliphatic carbocycles. The number of carbonyl (C=O) groups is 1. The summed E-state index contributed by atoms with van der Waals surface area (Å²) in [5, 5.41) is 26.0. The highest BCUT2D eigenvalue weighted by molar-refractivity contribution is 6.31. The summed E-state index contributed by atoms with van der Waals surface area (Å²) >= 11 is 12.7. The number of carbonyl (C=O) groups excluding carboxylic acids is 1. The molecule has 9 heteroatoms. The molecule has 4 atom stereocenters. The molecular weight excluding hydrogens is 562 g/mol. The quantitative estimate of drug-likeness (QED) is 0.244. The summed E-state index contributed by atoms with van der Waals surface area (Å²) in [6.45, 7) is 1.73. The van der Waals surface area contributed by atoms with E-state index >= 15 is 4.39 Å². The number of anilines is 2. The molecule has 0 radical (unpaired) electrons. The van der Waals surface area contributed by atoms with Crippen LogP contribution in [0.4, 0.5) is 15.8 Å². The summed E-state index contributed by atoms with van der Waals surface area (Å²) in [4.78, 5) is 14.4. The molecule has 5 N–H and O–H groups in total. The van der Waals surface area contributed by atoms with Gasteiger partial charge in [-0.25, -0.2) is 4.39 Å². The second kappa shape index (κ2) is 10.2. The molecule has 2 spiro atoms. The van der Waals surface area contributed by atoms with Gasteiger partial charge in [-0.2, -0.15) is 0 Å². The molecule has 3 unspecified atom stereocenters. The molecule has 2 fully saturated rings. The van der Waals surface area contributed by atoms with Crippen LogP contribution >= 0.6 is 23.2 Å². The van der Waals surface area contributed by atoms with Gasteiger partial charge in [0.2, 0.25) is 5.91 Å². The minimum atomic E-state index is -1.19. The smallest absolute Gasteiger partial charge is 0.237 e. The minimum Gasteiger partial charge on any atom is -0.372 e. The predicted octanol–water partition coefficient (Wildman–Crippen LogP) is 5.86. The molecule has 1 saturated carbocycles. The Morgan fingerprint density at radius 3 is 2.68 bits per heavy atom. The molecule has 0 aromatic heterocycles. The Bertz CT molecular complexity index is 1530. The van der Waals surface area contributed by atoms with Gasteiger partial charge in [-0.3, -0.25) is 4.79 Å². The van der Waals surface area contributed by atoms with Crippen molar-refractivity contribution in [1.82, 2.24) is 10.6 Å². The lowest BCUT2D eigenvalue weighted by molar-refractivity contribution is -0.124. The van der Waals surface area contributed by atoms with Crippen molar-refractivity contribution in [3.05, 3.63) is 92.7 Å². The molecule has 0 bridgehead atoms. The van der Waals surface area contributed by atoms with Crippen molar-refractivity contribution in [3.8, 4) is 0 Å². The summed E-state index contributed by atoms with van der Waals surface area (Å²) in [6.07, 6.45) is 4.12. The average molecular weight is 596 g/mol. The van der Waals surface area contributed by atoms with Crippen LogP contribution in [0.15, 0.2) is 54.6 Å². The fourth-order valence-electron chi connectivity index (χ4n) is 8.14. The zero-order chi connectivity index (χ0) is 28.4. The molecular formula is C32H33Cl2FN4O2. The SMILES string of the molecule is O=C1Nc2cc(Cl)ccc2C12[C@@H](c1cccc(Cl)c1F)C(C(O)Nc1ccc3c(c1)CCNC3)NC21CCCCC1. The third kappa shape index (κ3) is 4.12. The van der Waals surface area contributed by atoms with Crippen molar-refractivity contribution in [2.75, 3.05) is 17.2 Å². The highest BCUT2D eigenvalue weighted by Crippen LogP contribution is 2.63. The van der Waals surface area contributed by atoms with E-state index in [2.05, 4.69) is 33.4 Å². The first-order valence-electron chi connectivity index (χ1n) is 14.4. The maximum Gasteiger partial charge on any atom is 0.237 e. The van der Waals surface area contributed by atoms with Crippen LogP contribution in [0.3, 0.4) is 0 Å². The number of benzene rings is 3. The predicted molar refractivity (Wildman–Crippen MR) is 160 cm³/mol. The highest BCUT2D eigenvalue weighted by atomic mass is 35.5. The molecule has 6 nitrogen and oxygen atoms in total. The number of hydrogen-bond donors (Lipinski definition) is 5. The number of halogens is 3. The second-order valence-electron chi connectivity index (χ2n) is 11.9. The van der Waals surface area contributed by atoms with Crippen LogP contribution in [-0.2, 0) is 23.2 Å². The van der Waals surface area contributed by atoms with Gasteiger partial charge < -0.3 is 26.4 Å². The molecule has 3 aromatic rings. The van der Waals surface area contributed by atoms with E-state index in [9.17, 15) is 9.90 Å². The number of fused-ring (bicyclic) bond motifs is 4. The minimum absolute atomic E-state index is 0.0125. The van der Waals surface area contributed by atoms with E-state index in [1.54, 1.807) is 24.3 Å². The monoisotopic (exact) mass is 594 g/mol. The summed E-state index contributed by atoms with van der Waals surface area (Å²) in [7, 11) is 0. The highest BCUT2D eigenvalue weighted by Gasteiger charge is 2.72. The lowest BCUT2D eigenvalue weighted by atomic mass is 9.55. The zero-order valence-electron chi connectivity index (χ0n) is 22.6. The van der Waals surface area contributed by atoms with Gasteiger partial charge in [-0.05, 0) is 78.4 Å². The molecule has 3 aromatic carbocycles. The zero-order valence-corrected chi connectivity index (χ0v) is 24.1. The van der Waals surface area contributed by atoms with Crippen molar-refractivity contribution in [2.24, 2.45) is 0 Å². The van der Waals surface area contributed by atoms with E-state index in [1.165, 1.54) is 17.2 Å². The largest absolute Gasteiger partial charge is 0.372 e. The first kappa shape index (κ1) is 27.2. The number of hydrogen-bond acceptors (Lipinski definition) is 5. The third-order valence-corrected chi connectivity index (χ3v) is 10.3. The molecule has 1 saturated heterocycles. The average Bonchev–Trinajstić information content (AvgIpc) is 3.42. The van der Waals surface area contributed by atoms with Crippen LogP contribution in [0.2, 0.25) is 10.0 Å². The van der Waals surface area contributed by atoms with Crippen molar-refractivity contribution >= 4 is 40.5 Å². The lowest BCUT2D eigenvalue weighted by Crippen LogP contribution is -2.60. The van der Waals surface area contributed by atoms with E-state index in [4.69, 9.17) is 23.2 Å². The van der Waals surface area contributed by atoms with Crippen molar-refractivity contribution in [2.45, 2.75) is 74.2 Å². The Hall–Kier alpha value is -2.68.